The Morgan fingerprint density at radius 1 is 0.826 bits per heavy atom. The van der Waals surface area contributed by atoms with E-state index in [1.54, 1.807) is 19.2 Å². The van der Waals surface area contributed by atoms with E-state index in [2.05, 4.69) is 9.97 Å². The summed E-state index contributed by atoms with van der Waals surface area (Å²) < 4.78 is 5.16. The van der Waals surface area contributed by atoms with Crippen LogP contribution in [0.5, 0.6) is 5.75 Å². The van der Waals surface area contributed by atoms with E-state index in [1.807, 2.05) is 36.4 Å². The van der Waals surface area contributed by atoms with Crippen LogP contribution in [0, 0.1) is 0 Å². The van der Waals surface area contributed by atoms with Crippen molar-refractivity contribution in [3.8, 4) is 28.3 Å². The maximum absolute atomic E-state index is 6.07. The Hall–Kier alpha value is -2.30. The lowest BCUT2D eigenvalue weighted by molar-refractivity contribution is 0.415. The lowest BCUT2D eigenvalue weighted by Crippen LogP contribution is -1.98. The summed E-state index contributed by atoms with van der Waals surface area (Å²) in [6.07, 6.45) is 0. The van der Waals surface area contributed by atoms with Gasteiger partial charge in [-0.3, -0.25) is 0 Å². The summed E-state index contributed by atoms with van der Waals surface area (Å²) in [5.74, 6) is 0.972. The second-order valence-electron chi connectivity index (χ2n) is 4.85. The van der Waals surface area contributed by atoms with Crippen LogP contribution in [-0.2, 0) is 0 Å². The number of nitrogen functional groups attached to an aromatic ring is 1. The van der Waals surface area contributed by atoms with Crippen LogP contribution in [0.1, 0.15) is 0 Å². The molecule has 0 aliphatic heterocycles. The molecule has 6 heteroatoms. The molecule has 0 radical (unpaired) electrons. The van der Waals surface area contributed by atoms with Gasteiger partial charge in [0, 0.05) is 11.1 Å². The number of benzene rings is 2. The maximum Gasteiger partial charge on any atom is 0.221 e. The van der Waals surface area contributed by atoms with Gasteiger partial charge in [0.1, 0.15) is 5.75 Å². The van der Waals surface area contributed by atoms with Gasteiger partial charge in [-0.05, 0) is 42.5 Å². The third kappa shape index (κ3) is 3.38. The molecule has 3 aromatic rings. The number of hydrogen-bond acceptors (Lipinski definition) is 4. The minimum atomic E-state index is 0.194. The molecule has 0 aliphatic carbocycles. The summed E-state index contributed by atoms with van der Waals surface area (Å²) in [5, 5.41) is 0.958. The number of ether oxygens (including phenoxy) is 1. The van der Waals surface area contributed by atoms with Crippen molar-refractivity contribution >= 4 is 29.2 Å². The molecular weight excluding hydrogens is 333 g/mol. The monoisotopic (exact) mass is 345 g/mol. The van der Waals surface area contributed by atoms with E-state index in [-0.39, 0.29) is 5.95 Å². The van der Waals surface area contributed by atoms with Crippen LogP contribution in [0.2, 0.25) is 10.0 Å². The minimum Gasteiger partial charge on any atom is -0.497 e. The van der Waals surface area contributed by atoms with Crippen molar-refractivity contribution in [1.82, 2.24) is 9.97 Å². The summed E-state index contributed by atoms with van der Waals surface area (Å²) in [6, 6.07) is 14.7. The summed E-state index contributed by atoms with van der Waals surface area (Å²) in [7, 11) is 1.63. The highest BCUT2D eigenvalue weighted by atomic mass is 35.5. The van der Waals surface area contributed by atoms with Crippen LogP contribution in [0.4, 0.5) is 5.95 Å². The van der Waals surface area contributed by atoms with Crippen molar-refractivity contribution in [3.63, 3.8) is 0 Å². The van der Waals surface area contributed by atoms with Crippen molar-refractivity contribution in [2.24, 2.45) is 0 Å². The van der Waals surface area contributed by atoms with Gasteiger partial charge in [-0.25, -0.2) is 9.97 Å². The number of anilines is 1. The number of nitrogens with zero attached hydrogens (tertiary/aromatic N) is 2. The first-order valence-electron chi connectivity index (χ1n) is 6.81. The van der Waals surface area contributed by atoms with Crippen LogP contribution in [0.25, 0.3) is 22.5 Å². The Morgan fingerprint density at radius 2 is 1.43 bits per heavy atom. The number of rotatable bonds is 3. The molecule has 3 rings (SSSR count). The molecule has 116 valence electrons. The van der Waals surface area contributed by atoms with Crippen molar-refractivity contribution < 1.29 is 4.74 Å². The highest BCUT2D eigenvalue weighted by molar-refractivity contribution is 6.42. The molecule has 0 fully saturated rings. The minimum absolute atomic E-state index is 0.194. The second-order valence-corrected chi connectivity index (χ2v) is 5.67. The largest absolute Gasteiger partial charge is 0.497 e. The quantitative estimate of drug-likeness (QED) is 0.746. The molecule has 1 aromatic heterocycles. The van der Waals surface area contributed by atoms with E-state index in [4.69, 9.17) is 33.7 Å². The van der Waals surface area contributed by atoms with Gasteiger partial charge in [-0.1, -0.05) is 29.3 Å². The molecule has 0 amide bonds. The highest BCUT2D eigenvalue weighted by Crippen LogP contribution is 2.30. The molecule has 2 aromatic carbocycles. The van der Waals surface area contributed by atoms with Crippen LogP contribution >= 0.6 is 23.2 Å². The number of methoxy groups -OCH3 is 1. The molecular formula is C17H13Cl2N3O. The normalized spacial score (nSPS) is 10.6. The molecule has 4 nitrogen and oxygen atoms in total. The van der Waals surface area contributed by atoms with Crippen molar-refractivity contribution in [2.45, 2.75) is 0 Å². The third-order valence-corrected chi connectivity index (χ3v) is 4.08. The predicted molar refractivity (Wildman–Crippen MR) is 93.9 cm³/mol. The predicted octanol–water partition coefficient (Wildman–Crippen LogP) is 4.71. The van der Waals surface area contributed by atoms with Gasteiger partial charge in [0.05, 0.1) is 28.5 Å². The first-order valence-corrected chi connectivity index (χ1v) is 7.57. The summed E-state index contributed by atoms with van der Waals surface area (Å²) in [4.78, 5) is 8.57. The van der Waals surface area contributed by atoms with E-state index in [0.717, 1.165) is 22.6 Å². The fourth-order valence-corrected chi connectivity index (χ4v) is 2.48. The van der Waals surface area contributed by atoms with E-state index in [0.29, 0.717) is 15.7 Å². The van der Waals surface area contributed by atoms with Crippen LogP contribution < -0.4 is 10.5 Å². The molecule has 0 spiro atoms. The van der Waals surface area contributed by atoms with E-state index >= 15 is 0 Å². The smallest absolute Gasteiger partial charge is 0.221 e. The highest BCUT2D eigenvalue weighted by Gasteiger charge is 2.09. The molecule has 2 N–H and O–H groups in total. The van der Waals surface area contributed by atoms with Gasteiger partial charge in [0.25, 0.3) is 0 Å². The Bertz CT molecular complexity index is 851. The molecule has 0 atom stereocenters. The molecule has 0 aliphatic rings. The molecule has 0 unspecified atom stereocenters. The van der Waals surface area contributed by atoms with Gasteiger partial charge in [-0.2, -0.15) is 0 Å². The number of nitrogens with two attached hydrogens (primary N) is 1. The summed E-state index contributed by atoms with van der Waals surface area (Å²) in [5.41, 5.74) is 9.00. The first kappa shape index (κ1) is 15.6. The molecule has 0 bridgehead atoms. The Balaban J connectivity index is 2.06. The zero-order valence-electron chi connectivity index (χ0n) is 12.3. The standard InChI is InChI=1S/C17H13Cl2N3O/c1-23-12-5-2-10(3-6-12)15-9-16(22-17(20)21-15)11-4-7-13(18)14(19)8-11/h2-9H,1H3,(H2,20,21,22). The average Bonchev–Trinajstić information content (AvgIpc) is 2.57. The Kier molecular flexibility index (Phi) is 4.37. The van der Waals surface area contributed by atoms with Gasteiger partial charge >= 0.3 is 0 Å². The zero-order chi connectivity index (χ0) is 16.4. The van der Waals surface area contributed by atoms with Crippen molar-refractivity contribution in [1.29, 1.82) is 0 Å². The average molecular weight is 346 g/mol. The van der Waals surface area contributed by atoms with Crippen molar-refractivity contribution in [2.75, 3.05) is 12.8 Å². The number of hydrogen-bond donors (Lipinski definition) is 1. The van der Waals surface area contributed by atoms with Gasteiger partial charge < -0.3 is 10.5 Å². The van der Waals surface area contributed by atoms with E-state index in [1.165, 1.54) is 0 Å². The lowest BCUT2D eigenvalue weighted by Gasteiger charge is -2.08. The Morgan fingerprint density at radius 3 is 2.04 bits per heavy atom. The lowest BCUT2D eigenvalue weighted by atomic mass is 10.1. The first-order chi connectivity index (χ1) is 11.1. The number of halogens is 2. The number of aromatic nitrogens is 2. The van der Waals surface area contributed by atoms with Crippen LogP contribution in [-0.4, -0.2) is 17.1 Å². The summed E-state index contributed by atoms with van der Waals surface area (Å²) >= 11 is 12.0. The topological polar surface area (TPSA) is 61.0 Å². The third-order valence-electron chi connectivity index (χ3n) is 3.34. The zero-order valence-corrected chi connectivity index (χ0v) is 13.8. The van der Waals surface area contributed by atoms with Gasteiger partial charge in [0.15, 0.2) is 0 Å². The molecule has 0 saturated carbocycles. The van der Waals surface area contributed by atoms with Crippen molar-refractivity contribution in [3.05, 3.63) is 58.6 Å². The Labute approximate surface area is 143 Å². The van der Waals surface area contributed by atoms with Crippen LogP contribution in [0.3, 0.4) is 0 Å². The molecule has 1 heterocycles. The fourth-order valence-electron chi connectivity index (χ4n) is 2.18. The van der Waals surface area contributed by atoms with Gasteiger partial charge in [0.2, 0.25) is 5.95 Å². The van der Waals surface area contributed by atoms with Gasteiger partial charge in [-0.15, -0.1) is 0 Å². The summed E-state index contributed by atoms with van der Waals surface area (Å²) in [6.45, 7) is 0. The molecule has 23 heavy (non-hydrogen) atoms. The fraction of sp³-hybridized carbons (Fsp3) is 0.0588. The van der Waals surface area contributed by atoms with E-state index < -0.39 is 0 Å². The SMILES string of the molecule is COc1ccc(-c2cc(-c3ccc(Cl)c(Cl)c3)nc(N)n2)cc1. The molecule has 0 saturated heterocycles. The second kappa shape index (κ2) is 6.44. The van der Waals surface area contributed by atoms with Crippen LogP contribution in [0.15, 0.2) is 48.5 Å². The maximum atomic E-state index is 6.07. The van der Waals surface area contributed by atoms with E-state index in [9.17, 15) is 0 Å².